The van der Waals surface area contributed by atoms with Gasteiger partial charge >= 0.3 is 0 Å². The van der Waals surface area contributed by atoms with Gasteiger partial charge < -0.3 is 15.0 Å². The second-order valence-electron chi connectivity index (χ2n) is 7.93. The molecule has 26 heavy (non-hydrogen) atoms. The SMILES string of the molecule is COc1cccc(CCC(=O)NC2CCCCC2CN2CCCCC2)c1. The Labute approximate surface area is 158 Å². The highest BCUT2D eigenvalue weighted by Gasteiger charge is 2.28. The van der Waals surface area contributed by atoms with Crippen molar-refractivity contribution in [2.75, 3.05) is 26.7 Å². The molecular formula is C22H34N2O2. The van der Waals surface area contributed by atoms with Crippen molar-refractivity contribution >= 4 is 5.91 Å². The highest BCUT2D eigenvalue weighted by atomic mass is 16.5. The Bertz CT molecular complexity index is 569. The van der Waals surface area contributed by atoms with Gasteiger partial charge in [-0.25, -0.2) is 0 Å². The Morgan fingerprint density at radius 1 is 1.15 bits per heavy atom. The summed E-state index contributed by atoms with van der Waals surface area (Å²) in [6.45, 7) is 3.65. The fourth-order valence-electron chi connectivity index (χ4n) is 4.45. The zero-order valence-corrected chi connectivity index (χ0v) is 16.2. The van der Waals surface area contributed by atoms with Gasteiger partial charge in [-0.05, 0) is 68.8 Å². The smallest absolute Gasteiger partial charge is 0.220 e. The van der Waals surface area contributed by atoms with Crippen LogP contribution in [0, 0.1) is 5.92 Å². The van der Waals surface area contributed by atoms with Crippen LogP contribution < -0.4 is 10.1 Å². The molecule has 0 bridgehead atoms. The van der Waals surface area contributed by atoms with Gasteiger partial charge in [0.2, 0.25) is 5.91 Å². The van der Waals surface area contributed by atoms with Crippen LogP contribution in [0.25, 0.3) is 0 Å². The predicted molar refractivity (Wildman–Crippen MR) is 105 cm³/mol. The van der Waals surface area contributed by atoms with Crippen LogP contribution in [0.15, 0.2) is 24.3 Å². The zero-order valence-electron chi connectivity index (χ0n) is 16.2. The van der Waals surface area contributed by atoms with E-state index in [4.69, 9.17) is 4.74 Å². The highest BCUT2D eigenvalue weighted by molar-refractivity contribution is 5.76. The normalized spacial score (nSPS) is 24.2. The lowest BCUT2D eigenvalue weighted by atomic mass is 9.83. The Morgan fingerprint density at radius 2 is 1.96 bits per heavy atom. The van der Waals surface area contributed by atoms with Crippen molar-refractivity contribution in [1.29, 1.82) is 0 Å². The molecule has 1 aromatic carbocycles. The molecule has 4 heteroatoms. The number of hydrogen-bond donors (Lipinski definition) is 1. The molecule has 2 unspecified atom stereocenters. The molecule has 1 aliphatic carbocycles. The number of rotatable bonds is 7. The number of methoxy groups -OCH3 is 1. The third kappa shape index (κ3) is 5.73. The summed E-state index contributed by atoms with van der Waals surface area (Å²) < 4.78 is 5.26. The van der Waals surface area contributed by atoms with E-state index in [-0.39, 0.29) is 5.91 Å². The van der Waals surface area contributed by atoms with Crippen LogP contribution >= 0.6 is 0 Å². The van der Waals surface area contributed by atoms with Crippen LogP contribution in [-0.4, -0.2) is 43.6 Å². The molecule has 2 fully saturated rings. The fraction of sp³-hybridized carbons (Fsp3) is 0.682. The molecule has 4 nitrogen and oxygen atoms in total. The van der Waals surface area contributed by atoms with Gasteiger partial charge in [0, 0.05) is 19.0 Å². The van der Waals surface area contributed by atoms with Crippen molar-refractivity contribution in [1.82, 2.24) is 10.2 Å². The summed E-state index contributed by atoms with van der Waals surface area (Å²) >= 11 is 0. The van der Waals surface area contributed by atoms with E-state index in [0.29, 0.717) is 18.4 Å². The Balaban J connectivity index is 1.47. The summed E-state index contributed by atoms with van der Waals surface area (Å²) in [7, 11) is 1.68. The number of piperidine rings is 1. The summed E-state index contributed by atoms with van der Waals surface area (Å²) in [5.41, 5.74) is 1.16. The van der Waals surface area contributed by atoms with Gasteiger partial charge in [-0.3, -0.25) is 4.79 Å². The van der Waals surface area contributed by atoms with E-state index in [1.54, 1.807) is 7.11 Å². The number of nitrogens with one attached hydrogen (secondary N) is 1. The monoisotopic (exact) mass is 358 g/mol. The summed E-state index contributed by atoms with van der Waals surface area (Å²) in [6.07, 6.45) is 10.3. The molecule has 0 aromatic heterocycles. The van der Waals surface area contributed by atoms with Gasteiger partial charge in [-0.1, -0.05) is 31.4 Å². The third-order valence-electron chi connectivity index (χ3n) is 5.97. The molecule has 1 saturated carbocycles. The fourth-order valence-corrected chi connectivity index (χ4v) is 4.45. The van der Waals surface area contributed by atoms with Crippen LogP contribution in [0.3, 0.4) is 0 Å². The van der Waals surface area contributed by atoms with E-state index in [1.807, 2.05) is 18.2 Å². The van der Waals surface area contributed by atoms with Crippen LogP contribution in [0.1, 0.15) is 56.9 Å². The second kappa shape index (κ2) is 9.96. The molecule has 0 spiro atoms. The molecule has 144 valence electrons. The maximum absolute atomic E-state index is 12.5. The first kappa shape index (κ1) is 19.2. The maximum atomic E-state index is 12.5. The van der Waals surface area contributed by atoms with E-state index in [1.165, 1.54) is 58.2 Å². The van der Waals surface area contributed by atoms with E-state index in [2.05, 4.69) is 16.3 Å². The molecule has 1 aromatic rings. The van der Waals surface area contributed by atoms with Crippen molar-refractivity contribution in [2.45, 2.75) is 63.8 Å². The molecular weight excluding hydrogens is 324 g/mol. The Hall–Kier alpha value is -1.55. The van der Waals surface area contributed by atoms with Crippen LogP contribution in [0.4, 0.5) is 0 Å². The summed E-state index contributed by atoms with van der Waals surface area (Å²) in [6, 6.07) is 8.38. The molecule has 1 N–H and O–H groups in total. The first-order valence-electron chi connectivity index (χ1n) is 10.4. The van der Waals surface area contributed by atoms with Crippen LogP contribution in [-0.2, 0) is 11.2 Å². The minimum atomic E-state index is 0.198. The van der Waals surface area contributed by atoms with Crippen LogP contribution in [0.2, 0.25) is 0 Å². The van der Waals surface area contributed by atoms with Gasteiger partial charge in [-0.15, -0.1) is 0 Å². The number of ether oxygens (including phenoxy) is 1. The molecule has 1 aliphatic heterocycles. The summed E-state index contributed by atoms with van der Waals surface area (Å²) in [4.78, 5) is 15.1. The molecule has 1 heterocycles. The topological polar surface area (TPSA) is 41.6 Å². The van der Waals surface area contributed by atoms with Crippen molar-refractivity contribution < 1.29 is 9.53 Å². The quantitative estimate of drug-likeness (QED) is 0.806. The third-order valence-corrected chi connectivity index (χ3v) is 5.97. The van der Waals surface area contributed by atoms with Gasteiger partial charge in [0.1, 0.15) is 5.75 Å². The zero-order chi connectivity index (χ0) is 18.2. The number of amides is 1. The number of aryl methyl sites for hydroxylation is 1. The first-order valence-corrected chi connectivity index (χ1v) is 10.4. The molecule has 2 atom stereocenters. The summed E-state index contributed by atoms with van der Waals surface area (Å²) in [5.74, 6) is 1.68. The average Bonchev–Trinajstić information content (AvgIpc) is 2.69. The van der Waals surface area contributed by atoms with Crippen molar-refractivity contribution in [3.8, 4) is 5.75 Å². The molecule has 3 rings (SSSR count). The molecule has 0 radical (unpaired) electrons. The minimum absolute atomic E-state index is 0.198. The molecule has 1 amide bonds. The van der Waals surface area contributed by atoms with Crippen LogP contribution in [0.5, 0.6) is 5.75 Å². The van der Waals surface area contributed by atoms with Crippen molar-refractivity contribution in [3.63, 3.8) is 0 Å². The van der Waals surface area contributed by atoms with Gasteiger partial charge in [0.25, 0.3) is 0 Å². The maximum Gasteiger partial charge on any atom is 0.220 e. The van der Waals surface area contributed by atoms with E-state index < -0.39 is 0 Å². The Kier molecular flexibility index (Phi) is 7.36. The lowest BCUT2D eigenvalue weighted by Gasteiger charge is -2.37. The van der Waals surface area contributed by atoms with E-state index in [0.717, 1.165) is 24.2 Å². The predicted octanol–water partition coefficient (Wildman–Crippen LogP) is 3.79. The van der Waals surface area contributed by atoms with Crippen molar-refractivity contribution in [3.05, 3.63) is 29.8 Å². The number of carbonyl (C=O) groups is 1. The van der Waals surface area contributed by atoms with E-state index >= 15 is 0 Å². The lowest BCUT2D eigenvalue weighted by molar-refractivity contribution is -0.122. The Morgan fingerprint density at radius 3 is 2.77 bits per heavy atom. The van der Waals surface area contributed by atoms with Gasteiger partial charge in [0.15, 0.2) is 0 Å². The number of carbonyl (C=O) groups excluding carboxylic acids is 1. The summed E-state index contributed by atoms with van der Waals surface area (Å²) in [5, 5.41) is 3.36. The molecule has 1 saturated heterocycles. The number of likely N-dealkylation sites (tertiary alicyclic amines) is 1. The number of hydrogen-bond acceptors (Lipinski definition) is 3. The average molecular weight is 359 g/mol. The second-order valence-corrected chi connectivity index (χ2v) is 7.93. The first-order chi connectivity index (χ1) is 12.7. The minimum Gasteiger partial charge on any atom is -0.497 e. The van der Waals surface area contributed by atoms with Gasteiger partial charge in [-0.2, -0.15) is 0 Å². The molecule has 2 aliphatic rings. The van der Waals surface area contributed by atoms with E-state index in [9.17, 15) is 4.79 Å². The highest BCUT2D eigenvalue weighted by Crippen LogP contribution is 2.26. The lowest BCUT2D eigenvalue weighted by Crippen LogP contribution is -2.47. The van der Waals surface area contributed by atoms with Gasteiger partial charge in [0.05, 0.1) is 7.11 Å². The van der Waals surface area contributed by atoms with Crippen molar-refractivity contribution in [2.24, 2.45) is 5.92 Å². The standard InChI is InChI=1S/C22H34N2O2/c1-26-20-10-7-8-18(16-20)12-13-22(25)23-21-11-4-3-9-19(21)17-24-14-5-2-6-15-24/h7-8,10,16,19,21H,2-6,9,11-15,17H2,1H3,(H,23,25). The number of benzene rings is 1. The largest absolute Gasteiger partial charge is 0.497 e. The number of nitrogens with zero attached hydrogens (tertiary/aromatic N) is 1.